The van der Waals surface area contributed by atoms with E-state index in [-0.39, 0.29) is 0 Å². The SMILES string of the molecule is c1ccc(-c2ccc(-n3c4ccccc4c4cccc(-c5cccc6c7ccccc7n(-c7ccc8ccccc8c7)c56)c43)cc2)cc1. The van der Waals surface area contributed by atoms with Crippen molar-refractivity contribution in [3.63, 3.8) is 0 Å². The predicted octanol–water partition coefficient (Wildman–Crippen LogP) is 12.4. The summed E-state index contributed by atoms with van der Waals surface area (Å²) in [5.41, 5.74) is 12.0. The molecule has 0 spiro atoms. The van der Waals surface area contributed by atoms with Gasteiger partial charge < -0.3 is 9.13 Å². The standard InChI is InChI=1S/C46H30N2/c1-2-12-31(13-3-1)33-24-27-35(28-25-33)47-43-22-8-6-16-37(43)39-18-10-20-41(45(39)47)42-21-11-19-40-38-17-7-9-23-44(38)48(46(40)42)36-29-26-32-14-4-5-15-34(32)30-36/h1-30H. The Morgan fingerprint density at radius 3 is 1.42 bits per heavy atom. The minimum Gasteiger partial charge on any atom is -0.309 e. The Labute approximate surface area is 278 Å². The third-order valence-corrected chi connectivity index (χ3v) is 9.90. The number of benzene rings is 8. The minimum atomic E-state index is 1.15. The summed E-state index contributed by atoms with van der Waals surface area (Å²) in [5, 5.41) is 7.49. The first-order valence-corrected chi connectivity index (χ1v) is 16.5. The van der Waals surface area contributed by atoms with E-state index in [1.54, 1.807) is 0 Å². The first-order valence-electron chi connectivity index (χ1n) is 16.5. The lowest BCUT2D eigenvalue weighted by atomic mass is 9.99. The minimum absolute atomic E-state index is 1.15. The summed E-state index contributed by atoms with van der Waals surface area (Å²) >= 11 is 0. The maximum Gasteiger partial charge on any atom is 0.0620 e. The molecule has 10 rings (SSSR count). The molecule has 0 unspecified atom stereocenters. The number of para-hydroxylation sites is 4. The lowest BCUT2D eigenvalue weighted by Crippen LogP contribution is -1.98. The Kier molecular flexibility index (Phi) is 5.91. The van der Waals surface area contributed by atoms with Gasteiger partial charge in [0, 0.05) is 44.0 Å². The molecule has 8 aromatic carbocycles. The quantitative estimate of drug-likeness (QED) is 0.188. The summed E-state index contributed by atoms with van der Waals surface area (Å²) in [6.07, 6.45) is 0. The van der Waals surface area contributed by atoms with Crippen LogP contribution in [-0.4, -0.2) is 9.13 Å². The molecule has 0 saturated carbocycles. The number of rotatable bonds is 4. The summed E-state index contributed by atoms with van der Waals surface area (Å²) in [6, 6.07) is 66.2. The zero-order valence-electron chi connectivity index (χ0n) is 26.2. The Morgan fingerprint density at radius 2 is 0.771 bits per heavy atom. The van der Waals surface area contributed by atoms with Crippen molar-refractivity contribution in [3.05, 3.63) is 182 Å². The lowest BCUT2D eigenvalue weighted by Gasteiger charge is -2.15. The largest absolute Gasteiger partial charge is 0.309 e. The van der Waals surface area contributed by atoms with Crippen molar-refractivity contribution in [1.82, 2.24) is 9.13 Å². The van der Waals surface area contributed by atoms with Gasteiger partial charge in [-0.1, -0.05) is 146 Å². The van der Waals surface area contributed by atoms with E-state index in [0.29, 0.717) is 0 Å². The Hall–Kier alpha value is -6.38. The van der Waals surface area contributed by atoms with Crippen molar-refractivity contribution in [2.45, 2.75) is 0 Å². The van der Waals surface area contributed by atoms with E-state index in [1.807, 2.05) is 0 Å². The fourth-order valence-corrected chi connectivity index (χ4v) is 7.76. The number of fused-ring (bicyclic) bond motifs is 7. The highest BCUT2D eigenvalue weighted by molar-refractivity contribution is 6.19. The molecule has 0 saturated heterocycles. The molecule has 2 heterocycles. The summed E-state index contributed by atoms with van der Waals surface area (Å²) in [5.74, 6) is 0. The predicted molar refractivity (Wildman–Crippen MR) is 203 cm³/mol. The van der Waals surface area contributed by atoms with E-state index < -0.39 is 0 Å². The number of aromatic nitrogens is 2. The van der Waals surface area contributed by atoms with Crippen molar-refractivity contribution in [2.75, 3.05) is 0 Å². The molecule has 0 radical (unpaired) electrons. The molecule has 0 N–H and O–H groups in total. The van der Waals surface area contributed by atoms with Crippen LogP contribution in [0.1, 0.15) is 0 Å². The molecule has 10 aromatic rings. The van der Waals surface area contributed by atoms with E-state index in [4.69, 9.17) is 0 Å². The first-order chi connectivity index (χ1) is 23.8. The smallest absolute Gasteiger partial charge is 0.0620 e. The Bertz CT molecular complexity index is 2820. The van der Waals surface area contributed by atoms with Gasteiger partial charge in [0.2, 0.25) is 0 Å². The molecule has 0 fully saturated rings. The third kappa shape index (κ3) is 4.00. The fourth-order valence-electron chi connectivity index (χ4n) is 7.76. The van der Waals surface area contributed by atoms with Gasteiger partial charge in [0.1, 0.15) is 0 Å². The molecule has 0 bridgehead atoms. The molecule has 0 aliphatic rings. The molecule has 2 aromatic heterocycles. The lowest BCUT2D eigenvalue weighted by molar-refractivity contribution is 1.17. The van der Waals surface area contributed by atoms with Crippen LogP contribution >= 0.6 is 0 Å². The average Bonchev–Trinajstić information content (AvgIpc) is 3.68. The molecule has 0 amide bonds. The maximum absolute atomic E-state index is 2.47. The normalized spacial score (nSPS) is 11.8. The molecule has 2 heteroatoms. The molecular weight excluding hydrogens is 581 g/mol. The zero-order valence-corrected chi connectivity index (χ0v) is 26.2. The van der Waals surface area contributed by atoms with Crippen LogP contribution in [0.5, 0.6) is 0 Å². The van der Waals surface area contributed by atoms with Crippen LogP contribution in [-0.2, 0) is 0 Å². The summed E-state index contributed by atoms with van der Waals surface area (Å²) in [7, 11) is 0. The Balaban J connectivity index is 1.29. The fraction of sp³-hybridized carbons (Fsp3) is 0. The number of hydrogen-bond donors (Lipinski definition) is 0. The van der Waals surface area contributed by atoms with Gasteiger partial charge in [0.25, 0.3) is 0 Å². The Morgan fingerprint density at radius 1 is 0.292 bits per heavy atom. The summed E-state index contributed by atoms with van der Waals surface area (Å²) < 4.78 is 4.92. The van der Waals surface area contributed by atoms with Gasteiger partial charge in [0.05, 0.1) is 22.1 Å². The third-order valence-electron chi connectivity index (χ3n) is 9.90. The van der Waals surface area contributed by atoms with Crippen LogP contribution in [0.25, 0.3) is 88.0 Å². The molecule has 224 valence electrons. The van der Waals surface area contributed by atoms with Gasteiger partial charge >= 0.3 is 0 Å². The average molecular weight is 611 g/mol. The molecule has 0 aliphatic carbocycles. The van der Waals surface area contributed by atoms with Gasteiger partial charge in [0.15, 0.2) is 0 Å². The van der Waals surface area contributed by atoms with E-state index in [0.717, 1.165) is 11.4 Å². The van der Waals surface area contributed by atoms with Crippen molar-refractivity contribution >= 4 is 54.4 Å². The van der Waals surface area contributed by atoms with Crippen LogP contribution in [0.2, 0.25) is 0 Å². The van der Waals surface area contributed by atoms with Crippen LogP contribution in [0.3, 0.4) is 0 Å². The van der Waals surface area contributed by atoms with E-state index in [1.165, 1.54) is 76.6 Å². The monoisotopic (exact) mass is 610 g/mol. The summed E-state index contributed by atoms with van der Waals surface area (Å²) in [6.45, 7) is 0. The van der Waals surface area contributed by atoms with Crippen LogP contribution in [0.4, 0.5) is 0 Å². The van der Waals surface area contributed by atoms with Gasteiger partial charge in [-0.3, -0.25) is 0 Å². The highest BCUT2D eigenvalue weighted by Crippen LogP contribution is 2.43. The number of hydrogen-bond acceptors (Lipinski definition) is 0. The van der Waals surface area contributed by atoms with Gasteiger partial charge in [-0.15, -0.1) is 0 Å². The molecular formula is C46H30N2. The van der Waals surface area contributed by atoms with Crippen molar-refractivity contribution < 1.29 is 0 Å². The van der Waals surface area contributed by atoms with Gasteiger partial charge in [-0.05, 0) is 58.3 Å². The van der Waals surface area contributed by atoms with Gasteiger partial charge in [-0.25, -0.2) is 0 Å². The van der Waals surface area contributed by atoms with Crippen LogP contribution in [0, 0.1) is 0 Å². The zero-order chi connectivity index (χ0) is 31.6. The highest BCUT2D eigenvalue weighted by atomic mass is 15.0. The van der Waals surface area contributed by atoms with E-state index in [2.05, 4.69) is 191 Å². The van der Waals surface area contributed by atoms with Gasteiger partial charge in [-0.2, -0.15) is 0 Å². The molecule has 0 atom stereocenters. The second-order valence-electron chi connectivity index (χ2n) is 12.6. The molecule has 0 aliphatic heterocycles. The van der Waals surface area contributed by atoms with Crippen molar-refractivity contribution in [3.8, 4) is 33.6 Å². The second-order valence-corrected chi connectivity index (χ2v) is 12.6. The number of nitrogens with zero attached hydrogens (tertiary/aromatic N) is 2. The first kappa shape index (κ1) is 26.8. The maximum atomic E-state index is 2.47. The topological polar surface area (TPSA) is 9.86 Å². The van der Waals surface area contributed by atoms with Crippen molar-refractivity contribution in [2.24, 2.45) is 0 Å². The molecule has 48 heavy (non-hydrogen) atoms. The summed E-state index contributed by atoms with van der Waals surface area (Å²) in [4.78, 5) is 0. The van der Waals surface area contributed by atoms with Crippen LogP contribution < -0.4 is 0 Å². The second kappa shape index (κ2) is 10.6. The van der Waals surface area contributed by atoms with Crippen LogP contribution in [0.15, 0.2) is 182 Å². The van der Waals surface area contributed by atoms with E-state index >= 15 is 0 Å². The highest BCUT2D eigenvalue weighted by Gasteiger charge is 2.21. The van der Waals surface area contributed by atoms with E-state index in [9.17, 15) is 0 Å². The molecule has 2 nitrogen and oxygen atoms in total. The van der Waals surface area contributed by atoms with Crippen molar-refractivity contribution in [1.29, 1.82) is 0 Å².